The first-order valence-electron chi connectivity index (χ1n) is 7.40. The van der Waals surface area contributed by atoms with Crippen LogP contribution >= 0.6 is 11.6 Å². The summed E-state index contributed by atoms with van der Waals surface area (Å²) in [4.78, 5) is 34.2. The molecule has 0 bridgehead atoms. The molecular weight excluding hydrogens is 360 g/mol. The third-order valence-corrected chi connectivity index (χ3v) is 3.48. The summed E-state index contributed by atoms with van der Waals surface area (Å²) in [5.41, 5.74) is 3.32. The van der Waals surface area contributed by atoms with E-state index in [1.807, 2.05) is 0 Å². The molecule has 0 radical (unpaired) electrons. The molecule has 0 aliphatic carbocycles. The average Bonchev–Trinajstić information content (AvgIpc) is 2.66. The van der Waals surface area contributed by atoms with Crippen molar-refractivity contribution < 1.29 is 14.3 Å². The molecule has 9 heteroatoms. The summed E-state index contributed by atoms with van der Waals surface area (Å²) >= 11 is 5.75. The number of carbonyl (C=O) groups excluding carboxylic acids is 2. The number of methoxy groups -OCH3 is 1. The van der Waals surface area contributed by atoms with E-state index >= 15 is 0 Å². The maximum absolute atomic E-state index is 11.9. The van der Waals surface area contributed by atoms with Crippen molar-refractivity contribution in [3.8, 4) is 5.75 Å². The van der Waals surface area contributed by atoms with E-state index in [0.29, 0.717) is 21.9 Å². The van der Waals surface area contributed by atoms with Crippen molar-refractivity contribution in [3.05, 3.63) is 63.5 Å². The van der Waals surface area contributed by atoms with Crippen LogP contribution in [0.5, 0.6) is 5.75 Å². The molecule has 2 rings (SSSR count). The number of carbonyl (C=O) groups is 2. The Morgan fingerprint density at radius 2 is 1.92 bits per heavy atom. The number of nitrogens with one attached hydrogen (secondary N) is 2. The van der Waals surface area contributed by atoms with Gasteiger partial charge in [0.2, 0.25) is 0 Å². The quantitative estimate of drug-likeness (QED) is 0.441. The van der Waals surface area contributed by atoms with Crippen LogP contribution in [0.1, 0.15) is 15.9 Å². The minimum atomic E-state index is -0.521. The second-order valence-corrected chi connectivity index (χ2v) is 5.44. The van der Waals surface area contributed by atoms with Gasteiger partial charge in [0.15, 0.2) is 0 Å². The Balaban J connectivity index is 1.88. The van der Waals surface area contributed by atoms with Gasteiger partial charge in [0.05, 0.1) is 19.9 Å². The summed E-state index contributed by atoms with van der Waals surface area (Å²) in [6.45, 7) is -0.258. The van der Waals surface area contributed by atoms with Crippen molar-refractivity contribution in [1.29, 1.82) is 0 Å². The Bertz CT molecular complexity index is 837. The molecule has 0 heterocycles. The number of ether oxygens (including phenoxy) is 1. The topological polar surface area (TPSA) is 109 Å². The lowest BCUT2D eigenvalue weighted by Gasteiger charge is -2.05. The van der Waals surface area contributed by atoms with Gasteiger partial charge < -0.3 is 10.1 Å². The van der Waals surface area contributed by atoms with Gasteiger partial charge in [-0.1, -0.05) is 11.6 Å². The van der Waals surface area contributed by atoms with E-state index < -0.39 is 11.8 Å². The summed E-state index contributed by atoms with van der Waals surface area (Å²) in [7, 11) is 1.46. The van der Waals surface area contributed by atoms with Crippen LogP contribution in [0.4, 0.5) is 5.69 Å². The van der Waals surface area contributed by atoms with Crippen molar-refractivity contribution in [2.45, 2.75) is 0 Å². The number of halogens is 1. The Labute approximate surface area is 154 Å². The SMILES string of the molecule is COc1ccc(N=O)cc1/C=N/NC(=O)CNC(=O)c1ccc(Cl)cc1. The molecule has 2 N–H and O–H groups in total. The van der Waals surface area contributed by atoms with E-state index in [9.17, 15) is 14.5 Å². The number of nitroso groups, excluding NO2 is 1. The highest BCUT2D eigenvalue weighted by atomic mass is 35.5. The minimum Gasteiger partial charge on any atom is -0.496 e. The number of amides is 2. The lowest BCUT2D eigenvalue weighted by atomic mass is 10.2. The summed E-state index contributed by atoms with van der Waals surface area (Å²) in [5.74, 6) is -0.467. The van der Waals surface area contributed by atoms with Crippen LogP contribution in [0.3, 0.4) is 0 Å². The van der Waals surface area contributed by atoms with Gasteiger partial charge in [-0.25, -0.2) is 5.43 Å². The fourth-order valence-corrected chi connectivity index (χ4v) is 2.08. The van der Waals surface area contributed by atoms with E-state index in [0.717, 1.165) is 0 Å². The molecule has 2 aromatic rings. The molecule has 2 aromatic carbocycles. The lowest BCUT2D eigenvalue weighted by Crippen LogP contribution is -2.34. The Morgan fingerprint density at radius 1 is 1.19 bits per heavy atom. The number of hydrazone groups is 1. The Kier molecular flexibility index (Phi) is 6.81. The summed E-state index contributed by atoms with van der Waals surface area (Å²) in [6, 6.07) is 10.8. The van der Waals surface area contributed by atoms with Crippen LogP contribution in [-0.2, 0) is 4.79 Å². The van der Waals surface area contributed by atoms with Crippen molar-refractivity contribution in [2.75, 3.05) is 13.7 Å². The van der Waals surface area contributed by atoms with Crippen molar-refractivity contribution in [3.63, 3.8) is 0 Å². The highest BCUT2D eigenvalue weighted by Gasteiger charge is 2.08. The third-order valence-electron chi connectivity index (χ3n) is 3.23. The normalized spacial score (nSPS) is 10.4. The fourth-order valence-electron chi connectivity index (χ4n) is 1.96. The first-order chi connectivity index (χ1) is 12.5. The van der Waals surface area contributed by atoms with Gasteiger partial charge >= 0.3 is 0 Å². The molecule has 26 heavy (non-hydrogen) atoms. The highest BCUT2D eigenvalue weighted by Crippen LogP contribution is 2.22. The van der Waals surface area contributed by atoms with Gasteiger partial charge in [0.25, 0.3) is 11.8 Å². The number of hydrogen-bond acceptors (Lipinski definition) is 6. The van der Waals surface area contributed by atoms with Crippen molar-refractivity contribution in [1.82, 2.24) is 10.7 Å². The molecule has 2 amide bonds. The Hall–Kier alpha value is -3.26. The smallest absolute Gasteiger partial charge is 0.259 e. The molecule has 0 aromatic heterocycles. The van der Waals surface area contributed by atoms with Gasteiger partial charge in [-0.3, -0.25) is 9.59 Å². The standard InChI is InChI=1S/C17H15ClN4O4/c1-26-15-7-6-14(22-25)8-12(15)9-20-21-16(23)10-19-17(24)11-2-4-13(18)5-3-11/h2-9H,10H2,1H3,(H,19,24)(H,21,23)/b20-9+. The van der Waals surface area contributed by atoms with E-state index in [-0.39, 0.29) is 12.2 Å². The molecule has 0 fully saturated rings. The van der Waals surface area contributed by atoms with Gasteiger partial charge in [-0.05, 0) is 47.6 Å². The average molecular weight is 375 g/mol. The number of nitrogens with zero attached hydrogens (tertiary/aromatic N) is 2. The third kappa shape index (κ3) is 5.38. The van der Waals surface area contributed by atoms with Gasteiger partial charge in [0.1, 0.15) is 11.4 Å². The second kappa shape index (κ2) is 9.28. The van der Waals surface area contributed by atoms with Crippen molar-refractivity contribution in [2.24, 2.45) is 10.3 Å². The monoisotopic (exact) mass is 374 g/mol. The van der Waals surface area contributed by atoms with Crippen LogP contribution in [0.15, 0.2) is 52.7 Å². The van der Waals surface area contributed by atoms with E-state index in [2.05, 4.69) is 21.0 Å². The minimum absolute atomic E-state index is 0.203. The summed E-state index contributed by atoms with van der Waals surface area (Å²) < 4.78 is 5.12. The van der Waals surface area contributed by atoms with Crippen LogP contribution < -0.4 is 15.5 Å². The summed E-state index contributed by atoms with van der Waals surface area (Å²) in [6.07, 6.45) is 1.31. The summed E-state index contributed by atoms with van der Waals surface area (Å²) in [5, 5.41) is 9.56. The molecule has 0 saturated heterocycles. The second-order valence-electron chi connectivity index (χ2n) is 5.00. The first kappa shape index (κ1) is 19.1. The molecule has 0 spiro atoms. The van der Waals surface area contributed by atoms with E-state index in [1.165, 1.54) is 25.5 Å². The zero-order chi connectivity index (χ0) is 18.9. The number of benzene rings is 2. The molecular formula is C17H15ClN4O4. The van der Waals surface area contributed by atoms with Crippen molar-refractivity contribution >= 4 is 35.3 Å². The van der Waals surface area contributed by atoms with Crippen LogP contribution in [-0.4, -0.2) is 31.7 Å². The van der Waals surface area contributed by atoms with Crippen LogP contribution in [0.25, 0.3) is 0 Å². The molecule has 0 atom stereocenters. The Morgan fingerprint density at radius 3 is 2.58 bits per heavy atom. The predicted molar refractivity (Wildman–Crippen MR) is 98.0 cm³/mol. The molecule has 0 unspecified atom stereocenters. The zero-order valence-corrected chi connectivity index (χ0v) is 14.5. The first-order valence-corrected chi connectivity index (χ1v) is 7.78. The van der Waals surface area contributed by atoms with E-state index in [4.69, 9.17) is 16.3 Å². The zero-order valence-electron chi connectivity index (χ0n) is 13.7. The highest BCUT2D eigenvalue weighted by molar-refractivity contribution is 6.30. The van der Waals surface area contributed by atoms with Gasteiger partial charge in [-0.2, -0.15) is 5.10 Å². The lowest BCUT2D eigenvalue weighted by molar-refractivity contribution is -0.120. The fraction of sp³-hybridized carbons (Fsp3) is 0.118. The maximum Gasteiger partial charge on any atom is 0.259 e. The van der Waals surface area contributed by atoms with Crippen LogP contribution in [0.2, 0.25) is 5.02 Å². The molecule has 0 aliphatic heterocycles. The molecule has 134 valence electrons. The molecule has 8 nitrogen and oxygen atoms in total. The van der Waals surface area contributed by atoms with Gasteiger partial charge in [0, 0.05) is 16.1 Å². The molecule has 0 aliphatic rings. The number of rotatable bonds is 7. The van der Waals surface area contributed by atoms with Gasteiger partial charge in [-0.15, -0.1) is 4.91 Å². The van der Waals surface area contributed by atoms with Crippen LogP contribution in [0, 0.1) is 4.91 Å². The maximum atomic E-state index is 11.9. The largest absolute Gasteiger partial charge is 0.496 e. The predicted octanol–water partition coefficient (Wildman–Crippen LogP) is 2.63. The molecule has 0 saturated carbocycles. The van der Waals surface area contributed by atoms with E-state index in [1.54, 1.807) is 30.3 Å². The number of hydrogen-bond donors (Lipinski definition) is 2.